The Kier molecular flexibility index (Phi) is 4.03. The molecule has 2 atom stereocenters. The van der Waals surface area contributed by atoms with Gasteiger partial charge in [0.25, 0.3) is 0 Å². The van der Waals surface area contributed by atoms with Gasteiger partial charge < -0.3 is 15.0 Å². The number of fused-ring (bicyclic) bond motifs is 1. The Hall–Kier alpha value is -1.39. The second kappa shape index (κ2) is 5.94. The second-order valence-corrected chi connectivity index (χ2v) is 5.47. The second-order valence-electron chi connectivity index (χ2n) is 5.47. The first-order valence-corrected chi connectivity index (χ1v) is 7.63. The average Bonchev–Trinajstić information content (AvgIpc) is 2.92. The topological polar surface area (TPSA) is 49.9 Å². The van der Waals surface area contributed by atoms with Crippen LogP contribution >= 0.6 is 0 Å². The molecule has 1 aliphatic heterocycles. The molecule has 4 heteroatoms. The van der Waals surface area contributed by atoms with Gasteiger partial charge in [0.15, 0.2) is 0 Å². The Morgan fingerprint density at radius 1 is 1.40 bits per heavy atom. The largest absolute Gasteiger partial charge is 0.374 e. The molecule has 2 aromatic rings. The molecule has 1 saturated heterocycles. The highest BCUT2D eigenvalue weighted by Crippen LogP contribution is 2.28. The molecule has 0 radical (unpaired) electrons. The van der Waals surface area contributed by atoms with Crippen molar-refractivity contribution in [3.05, 3.63) is 29.6 Å². The van der Waals surface area contributed by atoms with E-state index >= 15 is 0 Å². The van der Waals surface area contributed by atoms with Crippen LogP contribution in [0.4, 0.5) is 0 Å². The van der Waals surface area contributed by atoms with E-state index in [9.17, 15) is 0 Å². The highest BCUT2D eigenvalue weighted by atomic mass is 16.5. The van der Waals surface area contributed by atoms with Crippen LogP contribution in [0, 0.1) is 0 Å². The van der Waals surface area contributed by atoms with E-state index in [4.69, 9.17) is 9.72 Å². The normalized spacial score (nSPS) is 21.2. The summed E-state index contributed by atoms with van der Waals surface area (Å²) < 4.78 is 5.72. The number of hydrogen-bond donors (Lipinski definition) is 2. The van der Waals surface area contributed by atoms with Crippen LogP contribution in [0.1, 0.15) is 56.6 Å². The predicted molar refractivity (Wildman–Crippen MR) is 80.7 cm³/mol. The van der Waals surface area contributed by atoms with Gasteiger partial charge in [-0.1, -0.05) is 18.6 Å². The molecular weight excluding hydrogens is 250 g/mol. The molecule has 20 heavy (non-hydrogen) atoms. The summed E-state index contributed by atoms with van der Waals surface area (Å²) in [6, 6.07) is 6.65. The fraction of sp³-hybridized carbons (Fsp3) is 0.562. The van der Waals surface area contributed by atoms with Gasteiger partial charge in [0.1, 0.15) is 5.82 Å². The van der Waals surface area contributed by atoms with Crippen molar-refractivity contribution in [1.29, 1.82) is 0 Å². The number of nitrogens with zero attached hydrogens (tertiary/aromatic N) is 1. The first kappa shape index (κ1) is 13.6. The van der Waals surface area contributed by atoms with Crippen LogP contribution < -0.4 is 5.32 Å². The zero-order chi connectivity index (χ0) is 13.9. The fourth-order valence-electron chi connectivity index (χ4n) is 2.99. The lowest BCUT2D eigenvalue weighted by Crippen LogP contribution is -2.27. The number of aromatic amines is 1. The molecule has 0 bridgehead atoms. The molecule has 3 rings (SSSR count). The van der Waals surface area contributed by atoms with Gasteiger partial charge in [0.2, 0.25) is 0 Å². The van der Waals surface area contributed by atoms with Crippen molar-refractivity contribution in [1.82, 2.24) is 15.3 Å². The maximum absolute atomic E-state index is 5.72. The number of ether oxygens (including phenoxy) is 1. The fourth-order valence-corrected chi connectivity index (χ4v) is 2.99. The molecule has 1 aliphatic rings. The van der Waals surface area contributed by atoms with E-state index in [2.05, 4.69) is 35.4 Å². The predicted octanol–water partition coefficient (Wildman–Crippen LogP) is 3.48. The third-order valence-corrected chi connectivity index (χ3v) is 4.06. The van der Waals surface area contributed by atoms with Crippen LogP contribution in [0.2, 0.25) is 0 Å². The number of aromatic nitrogens is 2. The summed E-state index contributed by atoms with van der Waals surface area (Å²) in [7, 11) is 0. The van der Waals surface area contributed by atoms with E-state index in [-0.39, 0.29) is 6.10 Å². The minimum atomic E-state index is 0.0826. The third-order valence-electron chi connectivity index (χ3n) is 4.06. The summed E-state index contributed by atoms with van der Waals surface area (Å²) in [5.41, 5.74) is 3.33. The smallest absolute Gasteiger partial charge is 0.124 e. The molecule has 1 aromatic carbocycles. The number of para-hydroxylation sites is 1. The summed E-state index contributed by atoms with van der Waals surface area (Å²) >= 11 is 0. The first-order valence-electron chi connectivity index (χ1n) is 7.63. The molecular formula is C16H23N3O. The van der Waals surface area contributed by atoms with E-state index in [0.717, 1.165) is 36.4 Å². The van der Waals surface area contributed by atoms with E-state index in [1.54, 1.807) is 0 Å². The van der Waals surface area contributed by atoms with Gasteiger partial charge in [0, 0.05) is 12.2 Å². The summed E-state index contributed by atoms with van der Waals surface area (Å²) in [5, 5.41) is 3.55. The van der Waals surface area contributed by atoms with Crippen LogP contribution in [0.3, 0.4) is 0 Å². The number of nitrogens with one attached hydrogen (secondary N) is 2. The number of piperidine rings is 1. The molecule has 2 N–H and O–H groups in total. The van der Waals surface area contributed by atoms with Crippen LogP contribution in [0.5, 0.6) is 0 Å². The van der Waals surface area contributed by atoms with Crippen LogP contribution in [-0.4, -0.2) is 23.1 Å². The summed E-state index contributed by atoms with van der Waals surface area (Å²) in [4.78, 5) is 8.32. The average molecular weight is 273 g/mol. The molecule has 4 nitrogen and oxygen atoms in total. The van der Waals surface area contributed by atoms with Crippen LogP contribution in [0.25, 0.3) is 11.0 Å². The lowest BCUT2D eigenvalue weighted by molar-refractivity contribution is 0.0773. The molecule has 108 valence electrons. The summed E-state index contributed by atoms with van der Waals surface area (Å²) in [6.07, 6.45) is 3.79. The van der Waals surface area contributed by atoms with Crippen molar-refractivity contribution >= 4 is 11.0 Å². The van der Waals surface area contributed by atoms with Gasteiger partial charge in [-0.05, 0) is 39.3 Å². The molecule has 2 unspecified atom stereocenters. The van der Waals surface area contributed by atoms with Crippen molar-refractivity contribution in [3.63, 3.8) is 0 Å². The molecule has 1 fully saturated rings. The minimum absolute atomic E-state index is 0.0826. The lowest BCUT2D eigenvalue weighted by atomic mass is 10.0. The Balaban J connectivity index is 1.95. The Morgan fingerprint density at radius 3 is 3.05 bits per heavy atom. The molecule has 0 aliphatic carbocycles. The minimum Gasteiger partial charge on any atom is -0.374 e. The molecule has 0 spiro atoms. The molecule has 0 saturated carbocycles. The maximum Gasteiger partial charge on any atom is 0.124 e. The lowest BCUT2D eigenvalue weighted by Gasteiger charge is -2.21. The third kappa shape index (κ3) is 2.58. The Morgan fingerprint density at radius 2 is 2.30 bits per heavy atom. The first-order chi connectivity index (χ1) is 9.79. The van der Waals surface area contributed by atoms with Crippen molar-refractivity contribution < 1.29 is 4.74 Å². The van der Waals surface area contributed by atoms with Crippen LogP contribution in [-0.2, 0) is 4.74 Å². The van der Waals surface area contributed by atoms with E-state index in [1.165, 1.54) is 18.4 Å². The Labute approximate surface area is 119 Å². The quantitative estimate of drug-likeness (QED) is 0.896. The number of benzene rings is 1. The highest BCUT2D eigenvalue weighted by Gasteiger charge is 2.20. The van der Waals surface area contributed by atoms with Gasteiger partial charge in [-0.3, -0.25) is 0 Å². The van der Waals surface area contributed by atoms with Gasteiger partial charge in [-0.15, -0.1) is 0 Å². The summed E-state index contributed by atoms with van der Waals surface area (Å²) in [5.74, 6) is 1.07. The maximum atomic E-state index is 5.72. The molecule has 1 aromatic heterocycles. The zero-order valence-electron chi connectivity index (χ0n) is 12.3. The van der Waals surface area contributed by atoms with Crippen molar-refractivity contribution in [2.24, 2.45) is 0 Å². The number of hydrogen-bond acceptors (Lipinski definition) is 3. The molecule has 0 amide bonds. The van der Waals surface area contributed by atoms with Gasteiger partial charge in [-0.2, -0.15) is 0 Å². The number of imidazole rings is 1. The summed E-state index contributed by atoms with van der Waals surface area (Å²) in [6.45, 7) is 5.92. The standard InChI is InChI=1S/C16H23N3O/c1-3-20-11(2)12-7-6-9-13-15(12)19-16(18-13)14-8-4-5-10-17-14/h6-7,9,11,14,17H,3-5,8,10H2,1-2H3,(H,18,19). The highest BCUT2D eigenvalue weighted by molar-refractivity contribution is 5.79. The SMILES string of the molecule is CCOC(C)c1cccc2[nH]c(C3CCCCN3)nc12. The van der Waals surface area contributed by atoms with Gasteiger partial charge in [-0.25, -0.2) is 4.98 Å². The number of rotatable bonds is 4. The van der Waals surface area contributed by atoms with Crippen LogP contribution in [0.15, 0.2) is 18.2 Å². The van der Waals surface area contributed by atoms with E-state index < -0.39 is 0 Å². The van der Waals surface area contributed by atoms with Gasteiger partial charge >= 0.3 is 0 Å². The van der Waals surface area contributed by atoms with E-state index in [1.807, 2.05) is 6.92 Å². The monoisotopic (exact) mass is 273 g/mol. The number of H-pyrrole nitrogens is 1. The van der Waals surface area contributed by atoms with Crippen molar-refractivity contribution in [2.75, 3.05) is 13.2 Å². The van der Waals surface area contributed by atoms with E-state index in [0.29, 0.717) is 6.04 Å². The molecule has 2 heterocycles. The Bertz CT molecular complexity index is 572. The van der Waals surface area contributed by atoms with Gasteiger partial charge in [0.05, 0.1) is 23.2 Å². The van der Waals surface area contributed by atoms with Crippen molar-refractivity contribution in [2.45, 2.75) is 45.3 Å². The van der Waals surface area contributed by atoms with Crippen molar-refractivity contribution in [3.8, 4) is 0 Å². The zero-order valence-corrected chi connectivity index (χ0v) is 12.3.